The number of anilines is 2. The SMILES string of the molecule is COC1CCN(c2ccc(NC(=O)C(NCC(C)c3ccc(C#N)cc3)C3=CCCC=C3)nc2)C1. The van der Waals surface area contributed by atoms with Crippen molar-refractivity contribution in [1.82, 2.24) is 10.3 Å². The number of aromatic nitrogens is 1. The van der Waals surface area contributed by atoms with Gasteiger partial charge in [0.25, 0.3) is 0 Å². The van der Waals surface area contributed by atoms with E-state index in [1.807, 2.05) is 48.7 Å². The van der Waals surface area contributed by atoms with Crippen LogP contribution in [-0.4, -0.2) is 49.8 Å². The van der Waals surface area contributed by atoms with Gasteiger partial charge < -0.3 is 20.3 Å². The van der Waals surface area contributed by atoms with Crippen molar-refractivity contribution in [3.05, 3.63) is 77.5 Å². The second kappa shape index (κ2) is 11.8. The Morgan fingerprint density at radius 2 is 2.09 bits per heavy atom. The Kier molecular flexibility index (Phi) is 8.30. The molecule has 1 fully saturated rings. The third kappa shape index (κ3) is 6.36. The van der Waals surface area contributed by atoms with E-state index in [0.29, 0.717) is 17.9 Å². The second-order valence-corrected chi connectivity index (χ2v) is 9.14. The molecule has 2 N–H and O–H groups in total. The number of nitriles is 1. The lowest BCUT2D eigenvalue weighted by atomic mass is 9.96. The summed E-state index contributed by atoms with van der Waals surface area (Å²) in [4.78, 5) is 20.1. The van der Waals surface area contributed by atoms with Crippen LogP contribution in [0.1, 0.15) is 43.2 Å². The summed E-state index contributed by atoms with van der Waals surface area (Å²) in [5, 5.41) is 15.5. The second-order valence-electron chi connectivity index (χ2n) is 9.14. The van der Waals surface area contributed by atoms with E-state index >= 15 is 0 Å². The first-order valence-electron chi connectivity index (χ1n) is 12.2. The lowest BCUT2D eigenvalue weighted by Crippen LogP contribution is -2.43. The Balaban J connectivity index is 1.40. The Morgan fingerprint density at radius 3 is 2.71 bits per heavy atom. The standard InChI is InChI=1S/C28H33N5O2/c1-20(22-10-8-21(16-29)9-11-22)17-31-27(23-6-4-3-5-7-23)28(34)32-26-13-12-24(18-30-26)33-15-14-25(19-33)35-2/h4,6-13,18,20,25,27,31H,3,5,14-15,17,19H2,1-2H3,(H,30,32,34). The molecule has 3 unspecified atom stereocenters. The predicted octanol–water partition coefficient (Wildman–Crippen LogP) is 4.16. The molecular formula is C28H33N5O2. The topological polar surface area (TPSA) is 90.3 Å². The van der Waals surface area contributed by atoms with Crippen molar-refractivity contribution in [3.8, 4) is 6.07 Å². The summed E-state index contributed by atoms with van der Waals surface area (Å²) >= 11 is 0. The summed E-state index contributed by atoms with van der Waals surface area (Å²) < 4.78 is 5.45. The maximum absolute atomic E-state index is 13.3. The lowest BCUT2D eigenvalue weighted by Gasteiger charge is -2.23. The van der Waals surface area contributed by atoms with Crippen LogP contribution in [-0.2, 0) is 9.53 Å². The molecule has 1 saturated heterocycles. The Morgan fingerprint density at radius 1 is 1.26 bits per heavy atom. The van der Waals surface area contributed by atoms with E-state index in [2.05, 4.69) is 45.7 Å². The van der Waals surface area contributed by atoms with E-state index in [-0.39, 0.29) is 17.9 Å². The molecule has 1 aliphatic heterocycles. The van der Waals surface area contributed by atoms with E-state index in [9.17, 15) is 4.79 Å². The van der Waals surface area contributed by atoms with Crippen molar-refractivity contribution >= 4 is 17.4 Å². The predicted molar refractivity (Wildman–Crippen MR) is 138 cm³/mol. The number of rotatable bonds is 9. The van der Waals surface area contributed by atoms with E-state index in [1.54, 1.807) is 7.11 Å². The molecule has 0 radical (unpaired) electrons. The zero-order valence-corrected chi connectivity index (χ0v) is 20.4. The number of carbonyl (C=O) groups excluding carboxylic acids is 1. The fraction of sp³-hybridized carbons (Fsp3) is 0.393. The summed E-state index contributed by atoms with van der Waals surface area (Å²) in [6.07, 6.45) is 11.2. The van der Waals surface area contributed by atoms with E-state index in [1.165, 1.54) is 0 Å². The number of hydrogen-bond acceptors (Lipinski definition) is 6. The van der Waals surface area contributed by atoms with E-state index in [0.717, 1.165) is 49.2 Å². The monoisotopic (exact) mass is 471 g/mol. The van der Waals surface area contributed by atoms with Crippen LogP contribution in [0.3, 0.4) is 0 Å². The van der Waals surface area contributed by atoms with Crippen molar-refractivity contribution in [2.24, 2.45) is 0 Å². The Labute approximate surface area is 207 Å². The number of allylic oxidation sites excluding steroid dienone is 2. The van der Waals surface area contributed by atoms with Crippen molar-refractivity contribution in [2.45, 2.75) is 44.2 Å². The number of nitrogens with one attached hydrogen (secondary N) is 2. The summed E-state index contributed by atoms with van der Waals surface area (Å²) in [5.41, 5.74) is 3.77. The number of methoxy groups -OCH3 is 1. The highest BCUT2D eigenvalue weighted by molar-refractivity contribution is 5.96. The highest BCUT2D eigenvalue weighted by atomic mass is 16.5. The van der Waals surface area contributed by atoms with Gasteiger partial charge in [0.15, 0.2) is 0 Å². The van der Waals surface area contributed by atoms with Gasteiger partial charge in [0.1, 0.15) is 11.9 Å². The number of benzene rings is 1. The molecule has 4 rings (SSSR count). The molecule has 0 bridgehead atoms. The normalized spacial score (nSPS) is 19.1. The summed E-state index contributed by atoms with van der Waals surface area (Å²) in [7, 11) is 1.75. The Bertz CT molecular complexity index is 1100. The molecule has 1 amide bonds. The number of hydrogen-bond donors (Lipinski definition) is 2. The molecule has 1 aromatic heterocycles. The quantitative estimate of drug-likeness (QED) is 0.571. The first-order valence-corrected chi connectivity index (χ1v) is 12.2. The van der Waals surface area contributed by atoms with Crippen LogP contribution in [0.5, 0.6) is 0 Å². The molecule has 182 valence electrons. The molecule has 35 heavy (non-hydrogen) atoms. The van der Waals surface area contributed by atoms with Crippen LogP contribution >= 0.6 is 0 Å². The summed E-state index contributed by atoms with van der Waals surface area (Å²) in [5.74, 6) is 0.587. The van der Waals surface area contributed by atoms with Crippen LogP contribution in [0, 0.1) is 11.3 Å². The lowest BCUT2D eigenvalue weighted by molar-refractivity contribution is -0.117. The van der Waals surface area contributed by atoms with Gasteiger partial charge in [0, 0.05) is 26.7 Å². The van der Waals surface area contributed by atoms with Gasteiger partial charge in [-0.05, 0) is 60.6 Å². The maximum Gasteiger partial charge on any atom is 0.247 e. The van der Waals surface area contributed by atoms with Gasteiger partial charge in [0.05, 0.1) is 29.6 Å². The molecule has 3 atom stereocenters. The van der Waals surface area contributed by atoms with Crippen LogP contribution in [0.2, 0.25) is 0 Å². The Hall–Kier alpha value is -3.47. The molecule has 7 nitrogen and oxygen atoms in total. The number of amides is 1. The molecule has 0 saturated carbocycles. The van der Waals surface area contributed by atoms with Gasteiger partial charge in [-0.1, -0.05) is 37.3 Å². The molecule has 1 aromatic carbocycles. The maximum atomic E-state index is 13.3. The smallest absolute Gasteiger partial charge is 0.247 e. The van der Waals surface area contributed by atoms with Crippen LogP contribution in [0.25, 0.3) is 0 Å². The number of nitrogens with zero attached hydrogens (tertiary/aromatic N) is 3. The molecule has 1 aliphatic carbocycles. The van der Waals surface area contributed by atoms with Crippen LogP contribution in [0.4, 0.5) is 11.5 Å². The zero-order valence-electron chi connectivity index (χ0n) is 20.4. The van der Waals surface area contributed by atoms with Crippen molar-refractivity contribution in [3.63, 3.8) is 0 Å². The molecule has 7 heteroatoms. The van der Waals surface area contributed by atoms with E-state index in [4.69, 9.17) is 10.00 Å². The van der Waals surface area contributed by atoms with Gasteiger partial charge in [0.2, 0.25) is 5.91 Å². The molecular weight excluding hydrogens is 438 g/mol. The third-order valence-electron chi connectivity index (χ3n) is 6.70. The van der Waals surface area contributed by atoms with Gasteiger partial charge in [-0.25, -0.2) is 4.98 Å². The number of ether oxygens (including phenoxy) is 1. The first kappa shape index (κ1) is 24.6. The highest BCUT2D eigenvalue weighted by Gasteiger charge is 2.25. The first-order chi connectivity index (χ1) is 17.1. The minimum atomic E-state index is -0.477. The molecule has 2 heterocycles. The zero-order chi connectivity index (χ0) is 24.6. The minimum absolute atomic E-state index is 0.129. The largest absolute Gasteiger partial charge is 0.380 e. The minimum Gasteiger partial charge on any atom is -0.380 e. The fourth-order valence-corrected chi connectivity index (χ4v) is 4.51. The van der Waals surface area contributed by atoms with Gasteiger partial charge in [-0.2, -0.15) is 5.26 Å². The van der Waals surface area contributed by atoms with Gasteiger partial charge in [-0.3, -0.25) is 4.79 Å². The molecule has 2 aromatic rings. The van der Waals surface area contributed by atoms with Crippen LogP contribution < -0.4 is 15.5 Å². The summed E-state index contributed by atoms with van der Waals surface area (Å²) in [6.45, 7) is 4.53. The van der Waals surface area contributed by atoms with Crippen molar-refractivity contribution in [2.75, 3.05) is 37.0 Å². The van der Waals surface area contributed by atoms with Crippen LogP contribution in [0.15, 0.2) is 66.4 Å². The van der Waals surface area contributed by atoms with Crippen molar-refractivity contribution < 1.29 is 9.53 Å². The van der Waals surface area contributed by atoms with Crippen molar-refractivity contribution in [1.29, 1.82) is 5.26 Å². The summed E-state index contributed by atoms with van der Waals surface area (Å²) in [6, 6.07) is 13.1. The number of pyridine rings is 1. The van der Waals surface area contributed by atoms with E-state index < -0.39 is 6.04 Å². The average Bonchev–Trinajstić information content (AvgIpc) is 3.39. The third-order valence-corrected chi connectivity index (χ3v) is 6.70. The van der Waals surface area contributed by atoms with Gasteiger partial charge >= 0.3 is 0 Å². The van der Waals surface area contributed by atoms with Gasteiger partial charge in [-0.15, -0.1) is 0 Å². The molecule has 0 spiro atoms. The number of carbonyl (C=O) groups is 1. The highest BCUT2D eigenvalue weighted by Crippen LogP contribution is 2.23. The molecule has 2 aliphatic rings. The average molecular weight is 472 g/mol. The fourth-order valence-electron chi connectivity index (χ4n) is 4.51.